The van der Waals surface area contributed by atoms with Crippen molar-refractivity contribution in [3.63, 3.8) is 0 Å². The Morgan fingerprint density at radius 1 is 0.889 bits per heavy atom. The van der Waals surface area contributed by atoms with Crippen molar-refractivity contribution in [3.8, 4) is 0 Å². The van der Waals surface area contributed by atoms with E-state index in [0.717, 1.165) is 41.4 Å². The predicted molar refractivity (Wildman–Crippen MR) is 76.2 cm³/mol. The third kappa shape index (κ3) is 1.38. The minimum Gasteiger partial charge on any atom is -0.0620 e. The van der Waals surface area contributed by atoms with E-state index in [2.05, 4.69) is 20.8 Å². The first kappa shape index (κ1) is 11.8. The summed E-state index contributed by atoms with van der Waals surface area (Å²) in [7, 11) is 0. The molecule has 0 N–H and O–H groups in total. The molecule has 0 spiro atoms. The summed E-state index contributed by atoms with van der Waals surface area (Å²) in [5, 5.41) is 0. The van der Waals surface area contributed by atoms with Gasteiger partial charge in [0.2, 0.25) is 0 Å². The molecule has 0 saturated heterocycles. The van der Waals surface area contributed by atoms with Crippen molar-refractivity contribution in [3.05, 3.63) is 0 Å². The van der Waals surface area contributed by atoms with Crippen molar-refractivity contribution in [1.82, 2.24) is 0 Å². The lowest BCUT2D eigenvalue weighted by Gasteiger charge is -2.44. The van der Waals surface area contributed by atoms with Crippen molar-refractivity contribution >= 4 is 0 Å². The second-order valence-corrected chi connectivity index (χ2v) is 8.62. The van der Waals surface area contributed by atoms with Gasteiger partial charge in [0, 0.05) is 0 Å². The highest BCUT2D eigenvalue weighted by Gasteiger charge is 2.56. The van der Waals surface area contributed by atoms with Crippen LogP contribution < -0.4 is 0 Å². The van der Waals surface area contributed by atoms with Crippen LogP contribution in [0.25, 0.3) is 0 Å². The van der Waals surface area contributed by atoms with Crippen LogP contribution in [0.5, 0.6) is 0 Å². The second-order valence-electron chi connectivity index (χ2n) is 8.62. The van der Waals surface area contributed by atoms with Gasteiger partial charge in [0.15, 0.2) is 0 Å². The van der Waals surface area contributed by atoms with Gasteiger partial charge in [0.1, 0.15) is 0 Å². The monoisotopic (exact) mass is 246 g/mol. The van der Waals surface area contributed by atoms with E-state index < -0.39 is 0 Å². The third-order valence-corrected chi connectivity index (χ3v) is 8.37. The molecule has 0 aromatic heterocycles. The van der Waals surface area contributed by atoms with Crippen molar-refractivity contribution < 1.29 is 0 Å². The molecule has 8 atom stereocenters. The van der Waals surface area contributed by atoms with Crippen molar-refractivity contribution in [1.29, 1.82) is 0 Å². The van der Waals surface area contributed by atoms with Crippen LogP contribution in [0.2, 0.25) is 0 Å². The van der Waals surface area contributed by atoms with Crippen LogP contribution in [0, 0.1) is 46.8 Å². The number of hydrogen-bond donors (Lipinski definition) is 0. The van der Waals surface area contributed by atoms with Gasteiger partial charge in [-0.1, -0.05) is 20.8 Å². The molecule has 4 rings (SSSR count). The highest BCUT2D eigenvalue weighted by Crippen LogP contribution is 2.65. The molecule has 0 radical (unpaired) electrons. The summed E-state index contributed by atoms with van der Waals surface area (Å²) in [5.74, 6) is 7.56. The maximum absolute atomic E-state index is 2.67. The summed E-state index contributed by atoms with van der Waals surface area (Å²) in [6, 6.07) is 0. The molecule has 4 saturated carbocycles. The van der Waals surface area contributed by atoms with Crippen molar-refractivity contribution in [2.75, 3.05) is 0 Å². The Kier molecular flexibility index (Phi) is 2.47. The van der Waals surface area contributed by atoms with Crippen molar-refractivity contribution in [2.24, 2.45) is 46.8 Å². The fraction of sp³-hybridized carbons (Fsp3) is 1.00. The molecule has 0 aromatic carbocycles. The van der Waals surface area contributed by atoms with Crippen LogP contribution in [-0.2, 0) is 0 Å². The number of hydrogen-bond acceptors (Lipinski definition) is 0. The van der Waals surface area contributed by atoms with E-state index in [1.54, 1.807) is 44.9 Å². The van der Waals surface area contributed by atoms with Crippen LogP contribution in [0.3, 0.4) is 0 Å². The van der Waals surface area contributed by atoms with Crippen LogP contribution in [-0.4, -0.2) is 0 Å². The average molecular weight is 246 g/mol. The van der Waals surface area contributed by atoms with Gasteiger partial charge in [-0.2, -0.15) is 0 Å². The van der Waals surface area contributed by atoms with Crippen LogP contribution in [0.4, 0.5) is 0 Å². The maximum Gasteiger partial charge on any atom is -0.0266 e. The minimum absolute atomic E-state index is 0.715. The first-order valence-electron chi connectivity index (χ1n) is 8.59. The summed E-state index contributed by atoms with van der Waals surface area (Å²) in [4.78, 5) is 0. The molecule has 0 heterocycles. The molecule has 0 nitrogen and oxygen atoms in total. The van der Waals surface area contributed by atoms with Gasteiger partial charge in [0.05, 0.1) is 0 Å². The summed E-state index contributed by atoms with van der Waals surface area (Å²) in [6.45, 7) is 7.83. The molecule has 4 aliphatic rings. The van der Waals surface area contributed by atoms with E-state index in [-0.39, 0.29) is 0 Å². The normalized spacial score (nSPS) is 61.8. The quantitative estimate of drug-likeness (QED) is 0.633. The zero-order valence-corrected chi connectivity index (χ0v) is 12.5. The van der Waals surface area contributed by atoms with Crippen LogP contribution in [0.15, 0.2) is 0 Å². The molecule has 4 fully saturated rings. The van der Waals surface area contributed by atoms with E-state index in [0.29, 0.717) is 5.41 Å². The lowest BCUT2D eigenvalue weighted by Crippen LogP contribution is -2.36. The molecular weight excluding hydrogens is 216 g/mol. The summed E-state index contributed by atoms with van der Waals surface area (Å²) in [5.41, 5.74) is 0.715. The largest absolute Gasteiger partial charge is 0.0620 e. The van der Waals surface area contributed by atoms with E-state index >= 15 is 0 Å². The Morgan fingerprint density at radius 2 is 1.61 bits per heavy atom. The lowest BCUT2D eigenvalue weighted by atomic mass is 9.61. The molecule has 0 amide bonds. The van der Waals surface area contributed by atoms with Crippen LogP contribution >= 0.6 is 0 Å². The zero-order valence-electron chi connectivity index (χ0n) is 12.5. The molecular formula is C18H30. The zero-order chi connectivity index (χ0) is 12.5. The first-order chi connectivity index (χ1) is 8.59. The topological polar surface area (TPSA) is 0 Å². The van der Waals surface area contributed by atoms with Crippen molar-refractivity contribution in [2.45, 2.75) is 65.7 Å². The Hall–Kier alpha value is 0. The molecule has 0 aromatic rings. The van der Waals surface area contributed by atoms with E-state index in [1.165, 1.54) is 0 Å². The lowest BCUT2D eigenvalue weighted by molar-refractivity contribution is 0.0499. The highest BCUT2D eigenvalue weighted by atomic mass is 14.6. The van der Waals surface area contributed by atoms with Gasteiger partial charge in [0.25, 0.3) is 0 Å². The van der Waals surface area contributed by atoms with Gasteiger partial charge in [-0.3, -0.25) is 0 Å². The number of rotatable bonds is 2. The third-order valence-electron chi connectivity index (χ3n) is 8.37. The molecule has 0 heteroatoms. The molecule has 0 unspecified atom stereocenters. The molecule has 4 bridgehead atoms. The molecule has 4 aliphatic carbocycles. The Morgan fingerprint density at radius 3 is 2.22 bits per heavy atom. The van der Waals surface area contributed by atoms with Gasteiger partial charge in [-0.05, 0) is 91.8 Å². The smallest absolute Gasteiger partial charge is 0.0266 e. The van der Waals surface area contributed by atoms with E-state index in [1.807, 2.05) is 0 Å². The average Bonchev–Trinajstić information content (AvgIpc) is 3.07. The SMILES string of the molecule is C[C@@H]1[C@@H]2CC[C@@H](C2)[C@H]1C[C@@]1(C)[C@H]2CC[C@H](C2)[C@@H]1C. The van der Waals surface area contributed by atoms with Gasteiger partial charge in [-0.25, -0.2) is 0 Å². The molecule has 102 valence electrons. The fourth-order valence-electron chi connectivity index (χ4n) is 6.89. The van der Waals surface area contributed by atoms with Gasteiger partial charge < -0.3 is 0 Å². The summed E-state index contributed by atoms with van der Waals surface area (Å²) >= 11 is 0. The Labute approximate surface area is 113 Å². The van der Waals surface area contributed by atoms with Gasteiger partial charge in [-0.15, -0.1) is 0 Å². The number of fused-ring (bicyclic) bond motifs is 4. The van der Waals surface area contributed by atoms with Crippen LogP contribution in [0.1, 0.15) is 65.7 Å². The van der Waals surface area contributed by atoms with E-state index in [9.17, 15) is 0 Å². The molecule has 18 heavy (non-hydrogen) atoms. The first-order valence-corrected chi connectivity index (χ1v) is 8.59. The minimum atomic E-state index is 0.715. The standard InChI is InChI=1S/C18H30/c1-11-13-4-5-15(8-13)17(11)10-18(3)12(2)14-6-7-16(18)9-14/h11-17H,4-10H2,1-3H3/t11-,12+,13-,14-,15+,16+,17+,18-/m1/s1. The summed E-state index contributed by atoms with van der Waals surface area (Å²) < 4.78 is 0. The van der Waals surface area contributed by atoms with E-state index in [4.69, 9.17) is 0 Å². The Bertz CT molecular complexity index is 340. The predicted octanol–water partition coefficient (Wildman–Crippen LogP) is 5.13. The second kappa shape index (κ2) is 3.76. The maximum atomic E-state index is 2.67. The molecule has 0 aliphatic heterocycles. The Balaban J connectivity index is 1.54. The summed E-state index contributed by atoms with van der Waals surface area (Å²) in [6.07, 6.45) is 11.0. The highest BCUT2D eigenvalue weighted by molar-refractivity contribution is 5.05. The fourth-order valence-corrected chi connectivity index (χ4v) is 6.89. The van der Waals surface area contributed by atoms with Gasteiger partial charge >= 0.3 is 0 Å².